The zero-order valence-corrected chi connectivity index (χ0v) is 15.8. The molecule has 2 rings (SSSR count). The van der Waals surface area contributed by atoms with E-state index in [4.69, 9.17) is 4.74 Å². The van der Waals surface area contributed by atoms with E-state index < -0.39 is 48.0 Å². The molecule has 0 saturated carbocycles. The smallest absolute Gasteiger partial charge is 0.325 e. The summed E-state index contributed by atoms with van der Waals surface area (Å²) in [5.41, 5.74) is 0.882. The van der Waals surface area contributed by atoms with Crippen molar-refractivity contribution in [1.29, 1.82) is 0 Å². The quantitative estimate of drug-likeness (QED) is 0.607. The molecule has 7 heteroatoms. The third-order valence-electron chi connectivity index (χ3n) is 4.00. The van der Waals surface area contributed by atoms with Gasteiger partial charge in [-0.05, 0) is 41.3 Å². The lowest BCUT2D eigenvalue weighted by Crippen LogP contribution is -2.31. The number of halogens is 2. The molecular formula is C21H21F2NO4. The number of benzene rings is 2. The lowest BCUT2D eigenvalue weighted by Gasteiger charge is -2.19. The van der Waals surface area contributed by atoms with Crippen molar-refractivity contribution in [2.24, 2.45) is 0 Å². The van der Waals surface area contributed by atoms with E-state index in [1.54, 1.807) is 12.1 Å². The van der Waals surface area contributed by atoms with Gasteiger partial charge in [0.2, 0.25) is 5.78 Å². The van der Waals surface area contributed by atoms with Gasteiger partial charge in [-0.1, -0.05) is 32.9 Å². The fourth-order valence-corrected chi connectivity index (χ4v) is 2.36. The van der Waals surface area contributed by atoms with Crippen molar-refractivity contribution in [2.45, 2.75) is 26.2 Å². The largest absolute Gasteiger partial charge is 0.456 e. The van der Waals surface area contributed by atoms with Crippen LogP contribution in [0, 0.1) is 11.6 Å². The molecular weight excluding hydrogens is 368 g/mol. The zero-order valence-electron chi connectivity index (χ0n) is 15.8. The molecule has 0 saturated heterocycles. The van der Waals surface area contributed by atoms with E-state index in [1.165, 1.54) is 0 Å². The average Bonchev–Trinajstić information content (AvgIpc) is 2.65. The fraction of sp³-hybridized carbons (Fsp3) is 0.286. The summed E-state index contributed by atoms with van der Waals surface area (Å²) in [6.07, 6.45) is 0. The molecule has 0 spiro atoms. The van der Waals surface area contributed by atoms with Crippen LogP contribution in [0.15, 0.2) is 42.5 Å². The molecule has 28 heavy (non-hydrogen) atoms. The summed E-state index contributed by atoms with van der Waals surface area (Å²) in [6.45, 7) is 4.94. The van der Waals surface area contributed by atoms with Crippen molar-refractivity contribution < 1.29 is 27.9 Å². The summed E-state index contributed by atoms with van der Waals surface area (Å²) in [5, 5.41) is 2.38. The summed E-state index contributed by atoms with van der Waals surface area (Å²) in [7, 11) is 0. The van der Waals surface area contributed by atoms with E-state index in [0.29, 0.717) is 5.56 Å². The number of ether oxygens (including phenoxy) is 1. The van der Waals surface area contributed by atoms with Gasteiger partial charge in [-0.3, -0.25) is 14.4 Å². The van der Waals surface area contributed by atoms with Crippen LogP contribution in [0.25, 0.3) is 0 Å². The summed E-state index contributed by atoms with van der Waals surface area (Å²) < 4.78 is 31.3. The standard InChI is InChI=1S/C21H21F2NO4/c1-21(2,3)14-6-4-13(5-7-14)20(27)24-11-19(26)28-12-18(25)16-10-15(22)8-9-17(16)23/h4-10H,11-12H2,1-3H3,(H,24,27). The van der Waals surface area contributed by atoms with Gasteiger partial charge in [0.1, 0.15) is 18.2 Å². The highest BCUT2D eigenvalue weighted by atomic mass is 19.1. The van der Waals surface area contributed by atoms with Crippen LogP contribution in [0.5, 0.6) is 0 Å². The summed E-state index contributed by atoms with van der Waals surface area (Å²) in [4.78, 5) is 35.6. The minimum atomic E-state index is -0.908. The molecule has 0 radical (unpaired) electrons. The molecule has 1 N–H and O–H groups in total. The number of rotatable bonds is 6. The lowest BCUT2D eigenvalue weighted by atomic mass is 9.87. The fourth-order valence-electron chi connectivity index (χ4n) is 2.36. The number of Topliss-reactive ketones (excluding diaryl/α,β-unsaturated/α-hetero) is 1. The summed E-state index contributed by atoms with van der Waals surface area (Å²) >= 11 is 0. The van der Waals surface area contributed by atoms with Crippen molar-refractivity contribution >= 4 is 17.7 Å². The normalized spacial score (nSPS) is 11.0. The molecule has 1 amide bonds. The molecule has 0 aliphatic rings. The average molecular weight is 389 g/mol. The monoisotopic (exact) mass is 389 g/mol. The van der Waals surface area contributed by atoms with Gasteiger partial charge < -0.3 is 10.1 Å². The Hall–Kier alpha value is -3.09. The van der Waals surface area contributed by atoms with E-state index in [0.717, 1.165) is 23.8 Å². The van der Waals surface area contributed by atoms with Crippen LogP contribution in [0.3, 0.4) is 0 Å². The highest BCUT2D eigenvalue weighted by molar-refractivity contribution is 5.99. The second-order valence-electron chi connectivity index (χ2n) is 7.22. The Kier molecular flexibility index (Phi) is 6.62. The van der Waals surface area contributed by atoms with Crippen LogP contribution in [0.2, 0.25) is 0 Å². The number of amides is 1. The molecule has 5 nitrogen and oxygen atoms in total. The van der Waals surface area contributed by atoms with Gasteiger partial charge in [-0.25, -0.2) is 8.78 Å². The Labute approximate surface area is 161 Å². The Morgan fingerprint density at radius 1 is 1.00 bits per heavy atom. The van der Waals surface area contributed by atoms with Crippen molar-refractivity contribution in [1.82, 2.24) is 5.32 Å². The second-order valence-corrected chi connectivity index (χ2v) is 7.22. The molecule has 0 aromatic heterocycles. The van der Waals surface area contributed by atoms with Crippen LogP contribution in [-0.2, 0) is 14.9 Å². The van der Waals surface area contributed by atoms with E-state index in [9.17, 15) is 23.2 Å². The molecule has 0 aliphatic carbocycles. The number of carbonyl (C=O) groups is 3. The maximum absolute atomic E-state index is 13.5. The first kappa shape index (κ1) is 21.2. The Bertz CT molecular complexity index is 886. The minimum Gasteiger partial charge on any atom is -0.456 e. The maximum Gasteiger partial charge on any atom is 0.325 e. The molecule has 0 aliphatic heterocycles. The Morgan fingerprint density at radius 3 is 2.25 bits per heavy atom. The van der Waals surface area contributed by atoms with Gasteiger partial charge in [0.05, 0.1) is 5.56 Å². The van der Waals surface area contributed by atoms with Gasteiger partial charge in [0.25, 0.3) is 5.91 Å². The molecule has 0 atom stereocenters. The van der Waals surface area contributed by atoms with Crippen LogP contribution in [0.1, 0.15) is 47.1 Å². The SMILES string of the molecule is CC(C)(C)c1ccc(C(=O)NCC(=O)OCC(=O)c2cc(F)ccc2F)cc1. The number of esters is 1. The van der Waals surface area contributed by atoms with Gasteiger partial charge >= 0.3 is 5.97 Å². The zero-order chi connectivity index (χ0) is 20.9. The highest BCUT2D eigenvalue weighted by Gasteiger charge is 2.17. The van der Waals surface area contributed by atoms with Crippen molar-refractivity contribution in [3.8, 4) is 0 Å². The topological polar surface area (TPSA) is 72.5 Å². The van der Waals surface area contributed by atoms with E-state index >= 15 is 0 Å². The highest BCUT2D eigenvalue weighted by Crippen LogP contribution is 2.22. The van der Waals surface area contributed by atoms with E-state index in [-0.39, 0.29) is 5.41 Å². The molecule has 0 heterocycles. The molecule has 2 aromatic carbocycles. The molecule has 0 fully saturated rings. The van der Waals surface area contributed by atoms with E-state index in [2.05, 4.69) is 26.1 Å². The van der Waals surface area contributed by atoms with Gasteiger partial charge in [0, 0.05) is 5.56 Å². The van der Waals surface area contributed by atoms with Crippen LogP contribution < -0.4 is 5.32 Å². The van der Waals surface area contributed by atoms with Crippen LogP contribution in [-0.4, -0.2) is 30.8 Å². The maximum atomic E-state index is 13.5. The number of ketones is 1. The molecule has 148 valence electrons. The van der Waals surface area contributed by atoms with Crippen molar-refractivity contribution in [2.75, 3.05) is 13.2 Å². The number of hydrogen-bond acceptors (Lipinski definition) is 4. The Balaban J connectivity index is 1.84. The third-order valence-corrected chi connectivity index (χ3v) is 4.00. The Morgan fingerprint density at radius 2 is 1.64 bits per heavy atom. The summed E-state index contributed by atoms with van der Waals surface area (Å²) in [6, 6.07) is 9.39. The van der Waals surface area contributed by atoms with Gasteiger partial charge in [0.15, 0.2) is 6.61 Å². The van der Waals surface area contributed by atoms with Gasteiger partial charge in [-0.15, -0.1) is 0 Å². The predicted octanol–water partition coefficient (Wildman–Crippen LogP) is 3.42. The van der Waals surface area contributed by atoms with Crippen LogP contribution in [0.4, 0.5) is 8.78 Å². The third kappa shape index (κ3) is 5.70. The predicted molar refractivity (Wildman–Crippen MR) is 99.1 cm³/mol. The van der Waals surface area contributed by atoms with Crippen molar-refractivity contribution in [3.63, 3.8) is 0 Å². The first-order valence-electron chi connectivity index (χ1n) is 8.60. The van der Waals surface area contributed by atoms with Crippen molar-refractivity contribution in [3.05, 3.63) is 70.8 Å². The molecule has 0 bridgehead atoms. The minimum absolute atomic E-state index is 0.0491. The first-order chi connectivity index (χ1) is 13.1. The second kappa shape index (κ2) is 8.73. The molecule has 2 aromatic rings. The summed E-state index contributed by atoms with van der Waals surface area (Å²) in [5.74, 6) is -3.91. The van der Waals surface area contributed by atoms with E-state index in [1.807, 2.05) is 12.1 Å². The first-order valence-corrected chi connectivity index (χ1v) is 8.60. The number of carbonyl (C=O) groups excluding carboxylic acids is 3. The lowest BCUT2D eigenvalue weighted by molar-refractivity contribution is -0.141. The van der Waals surface area contributed by atoms with Crippen LogP contribution >= 0.6 is 0 Å². The van der Waals surface area contributed by atoms with Gasteiger partial charge in [-0.2, -0.15) is 0 Å². The number of nitrogens with one attached hydrogen (secondary N) is 1. The molecule has 0 unspecified atom stereocenters. The number of hydrogen-bond donors (Lipinski definition) is 1.